The molecule has 6 rings (SSSR count). The van der Waals surface area contributed by atoms with Gasteiger partial charge in [-0.3, -0.25) is 0 Å². The Balaban J connectivity index is 1.65. The number of hydrogen-bond acceptors (Lipinski definition) is 4. The Labute approximate surface area is 200 Å². The van der Waals surface area contributed by atoms with Crippen LogP contribution >= 0.6 is 15.9 Å². The summed E-state index contributed by atoms with van der Waals surface area (Å²) in [6.07, 6.45) is 3.92. The van der Waals surface area contributed by atoms with Crippen LogP contribution in [0.5, 0.6) is 23.0 Å². The quantitative estimate of drug-likeness (QED) is 0.346. The molecule has 0 saturated heterocycles. The van der Waals surface area contributed by atoms with E-state index < -0.39 is 0 Å². The van der Waals surface area contributed by atoms with E-state index in [1.165, 1.54) is 27.9 Å². The number of hydrogen-bond donors (Lipinski definition) is 0. The smallest absolute Gasteiger partial charge is 0.231 e. The predicted octanol–water partition coefficient (Wildman–Crippen LogP) is 5.45. The average Bonchev–Trinajstić information content (AvgIpc) is 3.30. The Morgan fingerprint density at radius 1 is 0.939 bits per heavy atom. The standard InChI is InChI=1S/C27H23BrNO4/c1-30-23-8-7-19-21(11-16-3-5-18(28)6-4-16)26-20-13-25-24(32-15-33-25)12-17(20)9-10-29(26)14-22(19)27(23)31-2/h3-8,12-14H,9-11,15H2,1-2H3/q+1. The molecule has 33 heavy (non-hydrogen) atoms. The summed E-state index contributed by atoms with van der Waals surface area (Å²) in [5.74, 6) is 3.15. The number of halogens is 1. The number of nitrogens with zero attached hydrogens (tertiary/aromatic N) is 1. The SMILES string of the molecule is COc1ccc2c(Cc3ccc(Br)cc3)c3[n+](cc2c1OC)CCc1cc2c(cc1-3)OCO2. The molecule has 0 bridgehead atoms. The van der Waals surface area contributed by atoms with Gasteiger partial charge in [-0.15, -0.1) is 0 Å². The van der Waals surface area contributed by atoms with Gasteiger partial charge in [-0.2, -0.15) is 4.57 Å². The zero-order valence-electron chi connectivity index (χ0n) is 18.5. The van der Waals surface area contributed by atoms with Crippen molar-refractivity contribution in [2.75, 3.05) is 21.0 Å². The second-order valence-corrected chi connectivity index (χ2v) is 9.24. The van der Waals surface area contributed by atoms with Gasteiger partial charge in [0.1, 0.15) is 0 Å². The van der Waals surface area contributed by atoms with Crippen LogP contribution in [0.4, 0.5) is 0 Å². The molecule has 5 nitrogen and oxygen atoms in total. The minimum Gasteiger partial charge on any atom is -0.493 e. The summed E-state index contributed by atoms with van der Waals surface area (Å²) >= 11 is 3.56. The maximum absolute atomic E-state index is 5.81. The number of benzene rings is 3. The summed E-state index contributed by atoms with van der Waals surface area (Å²) in [6, 6.07) is 16.9. The van der Waals surface area contributed by atoms with Gasteiger partial charge in [0.05, 0.1) is 25.2 Å². The lowest BCUT2D eigenvalue weighted by atomic mass is 9.88. The second kappa shape index (κ2) is 7.96. The first-order chi connectivity index (χ1) is 16.2. The van der Waals surface area contributed by atoms with Gasteiger partial charge < -0.3 is 18.9 Å². The lowest BCUT2D eigenvalue weighted by Gasteiger charge is -2.21. The van der Waals surface area contributed by atoms with Gasteiger partial charge in [0.15, 0.2) is 35.7 Å². The average molecular weight is 505 g/mol. The number of ether oxygens (including phenoxy) is 4. The fourth-order valence-electron chi connectivity index (χ4n) is 4.99. The van der Waals surface area contributed by atoms with Gasteiger partial charge in [-0.05, 0) is 47.5 Å². The topological polar surface area (TPSA) is 40.8 Å². The van der Waals surface area contributed by atoms with E-state index in [1.54, 1.807) is 14.2 Å². The van der Waals surface area contributed by atoms with E-state index in [0.717, 1.165) is 57.6 Å². The van der Waals surface area contributed by atoms with Crippen LogP contribution in [-0.4, -0.2) is 21.0 Å². The zero-order valence-corrected chi connectivity index (χ0v) is 20.1. The van der Waals surface area contributed by atoms with E-state index in [-0.39, 0.29) is 6.79 Å². The maximum atomic E-state index is 5.81. The van der Waals surface area contributed by atoms with E-state index in [9.17, 15) is 0 Å². The highest BCUT2D eigenvalue weighted by Gasteiger charge is 2.32. The maximum Gasteiger partial charge on any atom is 0.231 e. The van der Waals surface area contributed by atoms with Gasteiger partial charge in [0.2, 0.25) is 12.5 Å². The van der Waals surface area contributed by atoms with Crippen molar-refractivity contribution < 1.29 is 23.5 Å². The third-order valence-corrected chi connectivity index (χ3v) is 7.07. The van der Waals surface area contributed by atoms with Gasteiger partial charge >= 0.3 is 0 Å². The summed E-state index contributed by atoms with van der Waals surface area (Å²) in [6.45, 7) is 1.16. The van der Waals surface area contributed by atoms with Crippen molar-refractivity contribution in [2.24, 2.45) is 0 Å². The summed E-state index contributed by atoms with van der Waals surface area (Å²) in [5, 5.41) is 2.21. The van der Waals surface area contributed by atoms with Crippen molar-refractivity contribution in [1.82, 2.24) is 0 Å². The summed E-state index contributed by atoms with van der Waals surface area (Å²) in [4.78, 5) is 0. The molecule has 4 aromatic rings. The van der Waals surface area contributed by atoms with Gasteiger partial charge in [-0.1, -0.05) is 28.1 Å². The lowest BCUT2D eigenvalue weighted by Crippen LogP contribution is -2.41. The van der Waals surface area contributed by atoms with Crippen molar-refractivity contribution in [1.29, 1.82) is 0 Å². The molecule has 1 aromatic heterocycles. The molecule has 6 heteroatoms. The first-order valence-corrected chi connectivity index (χ1v) is 11.7. The zero-order chi connectivity index (χ0) is 22.5. The van der Waals surface area contributed by atoms with Crippen molar-refractivity contribution in [2.45, 2.75) is 19.4 Å². The molecule has 0 atom stereocenters. The number of pyridine rings is 1. The van der Waals surface area contributed by atoms with E-state index in [0.29, 0.717) is 0 Å². The third kappa shape index (κ3) is 3.32. The van der Waals surface area contributed by atoms with Crippen LogP contribution in [0.2, 0.25) is 0 Å². The number of methoxy groups -OCH3 is 2. The van der Waals surface area contributed by atoms with Crippen LogP contribution in [0.1, 0.15) is 16.7 Å². The highest BCUT2D eigenvalue weighted by atomic mass is 79.9. The Kier molecular flexibility index (Phi) is 4.91. The Morgan fingerprint density at radius 3 is 2.48 bits per heavy atom. The van der Waals surface area contributed by atoms with Crippen LogP contribution in [0, 0.1) is 0 Å². The van der Waals surface area contributed by atoms with Crippen LogP contribution in [0.25, 0.3) is 22.0 Å². The van der Waals surface area contributed by atoms with Crippen molar-refractivity contribution >= 4 is 26.7 Å². The fourth-order valence-corrected chi connectivity index (χ4v) is 5.26. The molecule has 2 aliphatic heterocycles. The van der Waals surface area contributed by atoms with E-state index in [2.05, 4.69) is 69.2 Å². The van der Waals surface area contributed by atoms with Crippen molar-refractivity contribution in [3.8, 4) is 34.3 Å². The van der Waals surface area contributed by atoms with Crippen molar-refractivity contribution in [3.63, 3.8) is 0 Å². The van der Waals surface area contributed by atoms with Crippen molar-refractivity contribution in [3.05, 3.63) is 75.9 Å². The molecule has 0 spiro atoms. The number of fused-ring (bicyclic) bond motifs is 5. The molecule has 0 N–H and O–H groups in total. The number of aryl methyl sites for hydroxylation is 2. The molecule has 3 heterocycles. The Bertz CT molecular complexity index is 1400. The first kappa shape index (κ1) is 20.4. The largest absolute Gasteiger partial charge is 0.493 e. The molecule has 3 aromatic carbocycles. The number of rotatable bonds is 4. The van der Waals surface area contributed by atoms with Gasteiger partial charge in [0.25, 0.3) is 0 Å². The van der Waals surface area contributed by atoms with E-state index in [4.69, 9.17) is 18.9 Å². The minimum absolute atomic E-state index is 0.276. The Hall–Kier alpha value is -3.25. The highest BCUT2D eigenvalue weighted by molar-refractivity contribution is 9.10. The highest BCUT2D eigenvalue weighted by Crippen LogP contribution is 2.44. The molecule has 0 saturated carbocycles. The molecule has 166 valence electrons. The van der Waals surface area contributed by atoms with E-state index in [1.807, 2.05) is 6.07 Å². The monoisotopic (exact) mass is 504 g/mol. The summed E-state index contributed by atoms with van der Waals surface area (Å²) < 4.78 is 26.2. The summed E-state index contributed by atoms with van der Waals surface area (Å²) in [7, 11) is 3.38. The molecule has 0 radical (unpaired) electrons. The van der Waals surface area contributed by atoms with Crippen LogP contribution in [-0.2, 0) is 19.4 Å². The van der Waals surface area contributed by atoms with E-state index >= 15 is 0 Å². The molecular formula is C27H23BrNO4+. The molecule has 0 aliphatic carbocycles. The molecule has 0 amide bonds. The third-order valence-electron chi connectivity index (χ3n) is 6.54. The molecule has 0 unspecified atom stereocenters. The van der Waals surface area contributed by atoms with Crippen LogP contribution < -0.4 is 23.5 Å². The van der Waals surface area contributed by atoms with Crippen LogP contribution in [0.3, 0.4) is 0 Å². The van der Waals surface area contributed by atoms with Gasteiger partial charge in [-0.25, -0.2) is 0 Å². The predicted molar refractivity (Wildman–Crippen MR) is 129 cm³/mol. The Morgan fingerprint density at radius 2 is 1.73 bits per heavy atom. The normalized spacial score (nSPS) is 13.5. The summed E-state index contributed by atoms with van der Waals surface area (Å²) in [5.41, 5.74) is 6.22. The minimum atomic E-state index is 0.276. The van der Waals surface area contributed by atoms with Gasteiger partial charge in [0, 0.05) is 28.3 Å². The fraction of sp³-hybridized carbons (Fsp3) is 0.222. The van der Waals surface area contributed by atoms with Crippen LogP contribution in [0.15, 0.2) is 59.2 Å². The number of aromatic nitrogens is 1. The molecule has 2 aliphatic rings. The first-order valence-electron chi connectivity index (χ1n) is 10.9. The second-order valence-electron chi connectivity index (χ2n) is 8.33. The lowest BCUT2D eigenvalue weighted by molar-refractivity contribution is -0.686. The molecule has 0 fully saturated rings. The molecular weight excluding hydrogens is 482 g/mol.